The van der Waals surface area contributed by atoms with Crippen molar-refractivity contribution in [2.75, 3.05) is 37.8 Å². The van der Waals surface area contributed by atoms with Gasteiger partial charge in [-0.2, -0.15) is 13.2 Å². The molecule has 0 unspecified atom stereocenters. The standard InChI is InChI=1S/C11H14F3N3O3/c12-11(13,14)1-8-15-16-9(20-8)17-2-7-3-19-6-10(7,4-17)5-18/h7,18H,1-6H2/t7-,10-/m0/s1. The number of aliphatic hydroxyl groups is 1. The Balaban J connectivity index is 1.72. The minimum absolute atomic E-state index is 0.0300. The normalized spacial score (nSPS) is 30.0. The van der Waals surface area contributed by atoms with Crippen LogP contribution in [0.4, 0.5) is 19.2 Å². The molecule has 2 fully saturated rings. The Morgan fingerprint density at radius 3 is 2.85 bits per heavy atom. The Morgan fingerprint density at radius 2 is 2.20 bits per heavy atom. The molecule has 0 amide bonds. The molecule has 3 rings (SSSR count). The van der Waals surface area contributed by atoms with Gasteiger partial charge in [-0.05, 0) is 0 Å². The highest BCUT2D eigenvalue weighted by Gasteiger charge is 2.51. The molecule has 2 saturated heterocycles. The van der Waals surface area contributed by atoms with E-state index in [0.29, 0.717) is 26.3 Å². The highest BCUT2D eigenvalue weighted by atomic mass is 19.4. The predicted molar refractivity (Wildman–Crippen MR) is 60.1 cm³/mol. The van der Waals surface area contributed by atoms with Crippen molar-refractivity contribution in [1.82, 2.24) is 10.2 Å². The van der Waals surface area contributed by atoms with E-state index in [9.17, 15) is 18.3 Å². The topological polar surface area (TPSA) is 71.6 Å². The Kier molecular flexibility index (Phi) is 3.13. The zero-order valence-corrected chi connectivity index (χ0v) is 10.6. The third kappa shape index (κ3) is 2.35. The number of fused-ring (bicyclic) bond motifs is 1. The number of rotatable bonds is 3. The van der Waals surface area contributed by atoms with Gasteiger partial charge in [0.1, 0.15) is 6.42 Å². The molecule has 112 valence electrons. The highest BCUT2D eigenvalue weighted by molar-refractivity contribution is 5.30. The van der Waals surface area contributed by atoms with Crippen LogP contribution in [0.15, 0.2) is 4.42 Å². The molecule has 2 atom stereocenters. The number of aliphatic hydroxyl groups excluding tert-OH is 1. The fourth-order valence-electron chi connectivity index (χ4n) is 2.82. The minimum Gasteiger partial charge on any atom is -0.408 e. The predicted octanol–water partition coefficient (Wildman–Crippen LogP) is 0.619. The van der Waals surface area contributed by atoms with Crippen LogP contribution in [0.5, 0.6) is 0 Å². The van der Waals surface area contributed by atoms with Crippen LogP contribution in [0.2, 0.25) is 0 Å². The summed E-state index contributed by atoms with van der Waals surface area (Å²) in [6.45, 7) is 1.92. The van der Waals surface area contributed by atoms with Crippen LogP contribution < -0.4 is 4.90 Å². The molecule has 3 heterocycles. The highest BCUT2D eigenvalue weighted by Crippen LogP contribution is 2.42. The number of alkyl halides is 3. The Bertz CT molecular complexity index is 493. The molecular formula is C11H14F3N3O3. The van der Waals surface area contributed by atoms with Gasteiger partial charge in [-0.25, -0.2) is 0 Å². The van der Waals surface area contributed by atoms with Gasteiger partial charge in [-0.1, -0.05) is 5.10 Å². The van der Waals surface area contributed by atoms with Crippen LogP contribution in [0.25, 0.3) is 0 Å². The lowest BCUT2D eigenvalue weighted by Crippen LogP contribution is -2.34. The first-order valence-corrected chi connectivity index (χ1v) is 6.24. The zero-order valence-electron chi connectivity index (χ0n) is 10.6. The first-order valence-electron chi connectivity index (χ1n) is 6.24. The second-order valence-electron chi connectivity index (χ2n) is 5.38. The number of halogens is 3. The molecule has 2 aliphatic rings. The van der Waals surface area contributed by atoms with Crippen molar-refractivity contribution in [3.05, 3.63) is 5.89 Å². The van der Waals surface area contributed by atoms with E-state index in [1.54, 1.807) is 4.90 Å². The first-order chi connectivity index (χ1) is 9.42. The first kappa shape index (κ1) is 13.6. The maximum atomic E-state index is 12.2. The van der Waals surface area contributed by atoms with Gasteiger partial charge in [0.15, 0.2) is 0 Å². The molecular weight excluding hydrogens is 279 g/mol. The van der Waals surface area contributed by atoms with Gasteiger partial charge >= 0.3 is 12.2 Å². The van der Waals surface area contributed by atoms with Gasteiger partial charge in [0, 0.05) is 24.4 Å². The molecule has 1 aromatic heterocycles. The lowest BCUT2D eigenvalue weighted by molar-refractivity contribution is -0.130. The molecule has 0 bridgehead atoms. The van der Waals surface area contributed by atoms with E-state index in [2.05, 4.69) is 10.2 Å². The molecule has 0 aromatic carbocycles. The van der Waals surface area contributed by atoms with Crippen molar-refractivity contribution in [3.8, 4) is 0 Å². The van der Waals surface area contributed by atoms with Gasteiger partial charge in [0.25, 0.3) is 0 Å². The van der Waals surface area contributed by atoms with E-state index in [-0.39, 0.29) is 24.0 Å². The van der Waals surface area contributed by atoms with Crippen LogP contribution in [-0.4, -0.2) is 54.4 Å². The summed E-state index contributed by atoms with van der Waals surface area (Å²) in [7, 11) is 0. The largest absolute Gasteiger partial charge is 0.408 e. The molecule has 6 nitrogen and oxygen atoms in total. The summed E-state index contributed by atoms with van der Waals surface area (Å²) in [5, 5.41) is 16.6. The fraction of sp³-hybridized carbons (Fsp3) is 0.818. The smallest absolute Gasteiger partial charge is 0.397 e. The Morgan fingerprint density at radius 1 is 1.40 bits per heavy atom. The van der Waals surface area contributed by atoms with Crippen molar-refractivity contribution in [3.63, 3.8) is 0 Å². The maximum absolute atomic E-state index is 12.2. The molecule has 20 heavy (non-hydrogen) atoms. The molecule has 1 aromatic rings. The molecule has 0 radical (unpaired) electrons. The summed E-state index contributed by atoms with van der Waals surface area (Å²) < 4.78 is 47.1. The number of aromatic nitrogens is 2. The Hall–Kier alpha value is -1.35. The van der Waals surface area contributed by atoms with E-state index < -0.39 is 18.5 Å². The number of anilines is 1. The van der Waals surface area contributed by atoms with Crippen molar-refractivity contribution < 1.29 is 27.4 Å². The van der Waals surface area contributed by atoms with Crippen molar-refractivity contribution >= 4 is 6.01 Å². The average molecular weight is 293 g/mol. The second kappa shape index (κ2) is 4.59. The summed E-state index contributed by atoms with van der Waals surface area (Å²) in [5.41, 5.74) is -0.376. The SMILES string of the molecule is OC[C@@]12COC[C@@H]1CN(c1nnc(CC(F)(F)F)o1)C2. The average Bonchev–Trinajstić information content (AvgIpc) is 2.98. The zero-order chi connectivity index (χ0) is 14.4. The summed E-state index contributed by atoms with van der Waals surface area (Å²) in [5.74, 6) is -0.315. The van der Waals surface area contributed by atoms with Crippen molar-refractivity contribution in [2.45, 2.75) is 12.6 Å². The van der Waals surface area contributed by atoms with Gasteiger partial charge in [0.05, 0.1) is 19.8 Å². The summed E-state index contributed by atoms with van der Waals surface area (Å²) in [6.07, 6.45) is -5.60. The molecule has 1 N–H and O–H groups in total. The third-order valence-corrected chi connectivity index (χ3v) is 3.91. The summed E-state index contributed by atoms with van der Waals surface area (Å²) in [4.78, 5) is 1.72. The fourth-order valence-corrected chi connectivity index (χ4v) is 2.82. The van der Waals surface area contributed by atoms with Gasteiger partial charge in [-0.15, -0.1) is 5.10 Å². The quantitative estimate of drug-likeness (QED) is 0.881. The van der Waals surface area contributed by atoms with Crippen LogP contribution in [0.1, 0.15) is 5.89 Å². The number of nitrogens with zero attached hydrogens (tertiary/aromatic N) is 3. The van der Waals surface area contributed by atoms with Gasteiger partial charge in [0.2, 0.25) is 5.89 Å². The molecule has 0 aliphatic carbocycles. The van der Waals surface area contributed by atoms with Crippen LogP contribution in [0, 0.1) is 11.3 Å². The van der Waals surface area contributed by atoms with Gasteiger partial charge < -0.3 is 19.2 Å². The van der Waals surface area contributed by atoms with E-state index in [1.807, 2.05) is 0 Å². The van der Waals surface area contributed by atoms with E-state index in [4.69, 9.17) is 9.15 Å². The molecule has 2 aliphatic heterocycles. The monoisotopic (exact) mass is 293 g/mol. The number of ether oxygens (including phenoxy) is 1. The second-order valence-corrected chi connectivity index (χ2v) is 5.38. The molecule has 9 heteroatoms. The lowest BCUT2D eigenvalue weighted by atomic mass is 9.82. The van der Waals surface area contributed by atoms with Gasteiger partial charge in [-0.3, -0.25) is 0 Å². The lowest BCUT2D eigenvalue weighted by Gasteiger charge is -2.23. The van der Waals surface area contributed by atoms with Crippen molar-refractivity contribution in [2.24, 2.45) is 11.3 Å². The van der Waals surface area contributed by atoms with E-state index >= 15 is 0 Å². The van der Waals surface area contributed by atoms with Crippen LogP contribution in [0.3, 0.4) is 0 Å². The van der Waals surface area contributed by atoms with Crippen LogP contribution >= 0.6 is 0 Å². The summed E-state index contributed by atoms with van der Waals surface area (Å²) in [6, 6.07) is 0.0754. The maximum Gasteiger partial charge on any atom is 0.397 e. The van der Waals surface area contributed by atoms with Crippen molar-refractivity contribution in [1.29, 1.82) is 0 Å². The Labute approximate surface area is 112 Å². The number of hydrogen-bond acceptors (Lipinski definition) is 6. The third-order valence-electron chi connectivity index (χ3n) is 3.91. The molecule has 0 spiro atoms. The molecule has 0 saturated carbocycles. The van der Waals surface area contributed by atoms with E-state index in [1.165, 1.54) is 0 Å². The van der Waals surface area contributed by atoms with E-state index in [0.717, 1.165) is 0 Å². The van der Waals surface area contributed by atoms with Crippen LogP contribution in [-0.2, 0) is 11.2 Å². The number of hydrogen-bond donors (Lipinski definition) is 1. The minimum atomic E-state index is -4.37. The summed E-state index contributed by atoms with van der Waals surface area (Å²) >= 11 is 0.